The summed E-state index contributed by atoms with van der Waals surface area (Å²) in [5.74, 6) is 0.261. The molecule has 96 valence electrons. The van der Waals surface area contributed by atoms with Crippen LogP contribution >= 0.6 is 0 Å². The standard InChI is InChI=1S/C15H20N2O/c1-12-4-9-15(18)17(12)14-7-5-13(6-8-14)16-10-2-3-11-16/h5-8,12H,2-4,9-11H2,1H3. The quantitative estimate of drug-likeness (QED) is 0.798. The highest BCUT2D eigenvalue weighted by molar-refractivity contribution is 5.96. The van der Waals surface area contributed by atoms with Crippen molar-refractivity contribution < 1.29 is 4.79 Å². The van der Waals surface area contributed by atoms with Crippen LogP contribution in [0.2, 0.25) is 0 Å². The van der Waals surface area contributed by atoms with Gasteiger partial charge in [0.15, 0.2) is 0 Å². The van der Waals surface area contributed by atoms with E-state index in [4.69, 9.17) is 0 Å². The SMILES string of the molecule is CC1CCC(=O)N1c1ccc(N2CCCC2)cc1. The van der Waals surface area contributed by atoms with Crippen LogP contribution in [0.25, 0.3) is 0 Å². The minimum Gasteiger partial charge on any atom is -0.372 e. The summed E-state index contributed by atoms with van der Waals surface area (Å²) in [5, 5.41) is 0. The van der Waals surface area contributed by atoms with E-state index in [1.165, 1.54) is 31.6 Å². The van der Waals surface area contributed by atoms with Gasteiger partial charge in [-0.3, -0.25) is 4.79 Å². The molecule has 3 nitrogen and oxygen atoms in total. The van der Waals surface area contributed by atoms with Crippen LogP contribution in [0.3, 0.4) is 0 Å². The molecule has 0 saturated carbocycles. The Balaban J connectivity index is 1.80. The second-order valence-corrected chi connectivity index (χ2v) is 5.36. The maximum Gasteiger partial charge on any atom is 0.227 e. The summed E-state index contributed by atoms with van der Waals surface area (Å²) in [6.07, 6.45) is 4.26. The molecule has 0 spiro atoms. The number of carbonyl (C=O) groups excluding carboxylic acids is 1. The number of nitrogens with zero attached hydrogens (tertiary/aromatic N) is 2. The molecule has 0 N–H and O–H groups in total. The third kappa shape index (κ3) is 1.98. The first kappa shape index (κ1) is 11.6. The number of hydrogen-bond acceptors (Lipinski definition) is 2. The van der Waals surface area contributed by atoms with Gasteiger partial charge in [-0.25, -0.2) is 0 Å². The number of benzene rings is 1. The topological polar surface area (TPSA) is 23.6 Å². The Morgan fingerprint density at radius 3 is 2.22 bits per heavy atom. The van der Waals surface area contributed by atoms with Gasteiger partial charge < -0.3 is 9.80 Å². The van der Waals surface area contributed by atoms with Crippen molar-refractivity contribution in [2.75, 3.05) is 22.9 Å². The van der Waals surface area contributed by atoms with Crippen molar-refractivity contribution in [2.45, 2.75) is 38.6 Å². The van der Waals surface area contributed by atoms with E-state index < -0.39 is 0 Å². The molecule has 1 atom stereocenters. The monoisotopic (exact) mass is 244 g/mol. The van der Waals surface area contributed by atoms with E-state index in [-0.39, 0.29) is 5.91 Å². The van der Waals surface area contributed by atoms with Gasteiger partial charge in [0.05, 0.1) is 0 Å². The molecule has 3 heteroatoms. The molecule has 2 aliphatic heterocycles. The van der Waals surface area contributed by atoms with Crippen LogP contribution in [0.4, 0.5) is 11.4 Å². The second-order valence-electron chi connectivity index (χ2n) is 5.36. The van der Waals surface area contributed by atoms with E-state index in [0.717, 1.165) is 12.1 Å². The van der Waals surface area contributed by atoms with Crippen molar-refractivity contribution in [3.8, 4) is 0 Å². The summed E-state index contributed by atoms with van der Waals surface area (Å²) in [4.78, 5) is 16.2. The Hall–Kier alpha value is -1.51. The summed E-state index contributed by atoms with van der Waals surface area (Å²) >= 11 is 0. The van der Waals surface area contributed by atoms with Crippen molar-refractivity contribution in [3.63, 3.8) is 0 Å². The Morgan fingerprint density at radius 1 is 1.06 bits per heavy atom. The van der Waals surface area contributed by atoms with E-state index in [0.29, 0.717) is 12.5 Å². The summed E-state index contributed by atoms with van der Waals surface area (Å²) in [7, 11) is 0. The summed E-state index contributed by atoms with van der Waals surface area (Å²) in [6, 6.07) is 8.83. The van der Waals surface area contributed by atoms with Gasteiger partial charge in [0.2, 0.25) is 5.91 Å². The van der Waals surface area contributed by atoms with E-state index in [2.05, 4.69) is 36.1 Å². The maximum atomic E-state index is 11.8. The molecular formula is C15H20N2O. The molecule has 2 fully saturated rings. The molecule has 18 heavy (non-hydrogen) atoms. The van der Waals surface area contributed by atoms with Crippen LogP contribution in [0.15, 0.2) is 24.3 Å². The van der Waals surface area contributed by atoms with Crippen LogP contribution in [-0.4, -0.2) is 25.0 Å². The van der Waals surface area contributed by atoms with Gasteiger partial charge in [0.25, 0.3) is 0 Å². The lowest BCUT2D eigenvalue weighted by atomic mass is 10.2. The van der Waals surface area contributed by atoms with E-state index in [1.807, 2.05) is 4.90 Å². The van der Waals surface area contributed by atoms with Crippen molar-refractivity contribution >= 4 is 17.3 Å². The van der Waals surface area contributed by atoms with Gasteiger partial charge in [0, 0.05) is 36.9 Å². The zero-order valence-electron chi connectivity index (χ0n) is 10.9. The molecule has 0 aromatic heterocycles. The molecule has 0 aliphatic carbocycles. The number of anilines is 2. The molecule has 3 rings (SSSR count). The summed E-state index contributed by atoms with van der Waals surface area (Å²) in [6.45, 7) is 4.45. The van der Waals surface area contributed by atoms with Crippen LogP contribution < -0.4 is 9.80 Å². The molecular weight excluding hydrogens is 224 g/mol. The lowest BCUT2D eigenvalue weighted by Crippen LogP contribution is -2.30. The third-order valence-electron chi connectivity index (χ3n) is 4.08. The summed E-state index contributed by atoms with van der Waals surface area (Å²) < 4.78 is 0. The predicted octanol–water partition coefficient (Wildman–Crippen LogP) is 2.80. The number of hydrogen-bond donors (Lipinski definition) is 0. The van der Waals surface area contributed by atoms with Crippen molar-refractivity contribution in [1.29, 1.82) is 0 Å². The van der Waals surface area contributed by atoms with Gasteiger partial charge in [-0.15, -0.1) is 0 Å². The first-order valence-electron chi connectivity index (χ1n) is 6.93. The van der Waals surface area contributed by atoms with Gasteiger partial charge in [-0.2, -0.15) is 0 Å². The Labute approximate surface area is 108 Å². The maximum absolute atomic E-state index is 11.8. The van der Waals surface area contributed by atoms with E-state index in [9.17, 15) is 4.79 Å². The molecule has 1 amide bonds. The van der Waals surface area contributed by atoms with Crippen molar-refractivity contribution in [1.82, 2.24) is 0 Å². The largest absolute Gasteiger partial charge is 0.372 e. The molecule has 0 bridgehead atoms. The van der Waals surface area contributed by atoms with E-state index >= 15 is 0 Å². The normalized spacial score (nSPS) is 24.1. The molecule has 2 saturated heterocycles. The highest BCUT2D eigenvalue weighted by Crippen LogP contribution is 2.29. The van der Waals surface area contributed by atoms with Crippen molar-refractivity contribution in [3.05, 3.63) is 24.3 Å². The first-order chi connectivity index (χ1) is 8.75. The van der Waals surface area contributed by atoms with Crippen LogP contribution in [0.1, 0.15) is 32.6 Å². The number of carbonyl (C=O) groups is 1. The fraction of sp³-hybridized carbons (Fsp3) is 0.533. The molecule has 1 aromatic rings. The molecule has 2 aliphatic rings. The first-order valence-corrected chi connectivity index (χ1v) is 6.93. The Kier molecular flexibility index (Phi) is 2.98. The second kappa shape index (κ2) is 4.63. The highest BCUT2D eigenvalue weighted by atomic mass is 16.2. The minimum absolute atomic E-state index is 0.261. The van der Waals surface area contributed by atoms with Crippen LogP contribution in [0, 0.1) is 0 Å². The zero-order chi connectivity index (χ0) is 12.5. The fourth-order valence-corrected chi connectivity index (χ4v) is 3.03. The van der Waals surface area contributed by atoms with Gasteiger partial charge >= 0.3 is 0 Å². The average molecular weight is 244 g/mol. The Morgan fingerprint density at radius 2 is 1.67 bits per heavy atom. The third-order valence-corrected chi connectivity index (χ3v) is 4.08. The average Bonchev–Trinajstić information content (AvgIpc) is 3.01. The molecule has 2 heterocycles. The van der Waals surface area contributed by atoms with Gasteiger partial charge in [-0.05, 0) is 50.5 Å². The summed E-state index contributed by atoms with van der Waals surface area (Å²) in [5.41, 5.74) is 2.34. The molecule has 1 unspecified atom stereocenters. The van der Waals surface area contributed by atoms with Gasteiger partial charge in [0.1, 0.15) is 0 Å². The van der Waals surface area contributed by atoms with Crippen LogP contribution in [0.5, 0.6) is 0 Å². The fourth-order valence-electron chi connectivity index (χ4n) is 3.03. The van der Waals surface area contributed by atoms with Crippen molar-refractivity contribution in [2.24, 2.45) is 0 Å². The lowest BCUT2D eigenvalue weighted by molar-refractivity contribution is -0.117. The highest BCUT2D eigenvalue weighted by Gasteiger charge is 2.28. The van der Waals surface area contributed by atoms with Gasteiger partial charge in [-0.1, -0.05) is 0 Å². The number of amides is 1. The molecule has 0 radical (unpaired) electrons. The minimum atomic E-state index is 0.261. The van der Waals surface area contributed by atoms with Crippen LogP contribution in [-0.2, 0) is 4.79 Å². The molecule has 1 aromatic carbocycles. The Bertz CT molecular complexity index is 434. The van der Waals surface area contributed by atoms with E-state index in [1.54, 1.807) is 0 Å². The smallest absolute Gasteiger partial charge is 0.227 e. The zero-order valence-corrected chi connectivity index (χ0v) is 10.9. The predicted molar refractivity (Wildman–Crippen MR) is 74.1 cm³/mol. The lowest BCUT2D eigenvalue weighted by Gasteiger charge is -2.23. The number of rotatable bonds is 2.